The number of benzene rings is 1. The third-order valence-electron chi connectivity index (χ3n) is 3.10. The summed E-state index contributed by atoms with van der Waals surface area (Å²) < 4.78 is 0. The molecule has 1 heterocycles. The number of rotatable bonds is 4. The molecule has 110 valence electrons. The van der Waals surface area contributed by atoms with Crippen molar-refractivity contribution in [3.63, 3.8) is 0 Å². The molecular formula is C14H14ClN3O3. The van der Waals surface area contributed by atoms with Gasteiger partial charge in [0.25, 0.3) is 0 Å². The molecule has 1 amide bonds. The Morgan fingerprint density at radius 2 is 2.10 bits per heavy atom. The van der Waals surface area contributed by atoms with Crippen molar-refractivity contribution in [1.29, 1.82) is 0 Å². The summed E-state index contributed by atoms with van der Waals surface area (Å²) in [4.78, 5) is 22.9. The lowest BCUT2D eigenvalue weighted by molar-refractivity contribution is -0.115. The van der Waals surface area contributed by atoms with E-state index in [0.29, 0.717) is 5.69 Å². The van der Waals surface area contributed by atoms with Crippen LogP contribution in [0.5, 0.6) is 0 Å². The summed E-state index contributed by atoms with van der Waals surface area (Å²) in [5, 5.41) is 18.5. The van der Waals surface area contributed by atoms with Crippen molar-refractivity contribution < 1.29 is 14.7 Å². The number of halogens is 1. The van der Waals surface area contributed by atoms with Gasteiger partial charge >= 0.3 is 5.97 Å². The monoisotopic (exact) mass is 307 g/mol. The smallest absolute Gasteiger partial charge is 0.337 e. The van der Waals surface area contributed by atoms with Crippen LogP contribution >= 0.6 is 11.6 Å². The van der Waals surface area contributed by atoms with E-state index in [-0.39, 0.29) is 22.9 Å². The van der Waals surface area contributed by atoms with E-state index in [9.17, 15) is 9.59 Å². The predicted molar refractivity (Wildman–Crippen MR) is 78.8 cm³/mol. The number of amides is 1. The number of aromatic amines is 1. The third kappa shape index (κ3) is 3.41. The highest BCUT2D eigenvalue weighted by atomic mass is 35.5. The first-order valence-corrected chi connectivity index (χ1v) is 6.59. The lowest BCUT2D eigenvalue weighted by atomic mass is 10.1. The van der Waals surface area contributed by atoms with Gasteiger partial charge in [-0.3, -0.25) is 9.89 Å². The molecule has 1 aromatic heterocycles. The zero-order valence-corrected chi connectivity index (χ0v) is 12.3. The van der Waals surface area contributed by atoms with Crippen LogP contribution in [0.4, 0.5) is 5.69 Å². The zero-order valence-electron chi connectivity index (χ0n) is 11.5. The number of hydrogen-bond donors (Lipinski definition) is 3. The standard InChI is InChI=1S/C14H14ClN3O3/c1-7-11(8(2)18-17-7)6-13(19)16-9-3-4-10(14(20)21)12(15)5-9/h3-5H,6H2,1-2H3,(H,16,19)(H,17,18)(H,20,21). The summed E-state index contributed by atoms with van der Waals surface area (Å²) in [6.45, 7) is 3.67. The Morgan fingerprint density at radius 3 is 2.62 bits per heavy atom. The number of carbonyl (C=O) groups excluding carboxylic acids is 1. The maximum atomic E-state index is 12.0. The van der Waals surface area contributed by atoms with Gasteiger partial charge in [0.2, 0.25) is 5.91 Å². The molecule has 0 bridgehead atoms. The molecule has 0 aliphatic rings. The lowest BCUT2D eigenvalue weighted by Gasteiger charge is -2.07. The van der Waals surface area contributed by atoms with Gasteiger partial charge in [-0.25, -0.2) is 4.79 Å². The number of aromatic carboxylic acids is 1. The summed E-state index contributed by atoms with van der Waals surface area (Å²) in [5.41, 5.74) is 2.93. The largest absolute Gasteiger partial charge is 0.478 e. The van der Waals surface area contributed by atoms with Crippen molar-refractivity contribution in [2.24, 2.45) is 0 Å². The van der Waals surface area contributed by atoms with E-state index in [2.05, 4.69) is 15.5 Å². The van der Waals surface area contributed by atoms with Crippen molar-refractivity contribution in [2.75, 3.05) is 5.32 Å². The first-order chi connectivity index (χ1) is 9.88. The maximum Gasteiger partial charge on any atom is 0.337 e. The molecule has 2 rings (SSSR count). The SMILES string of the molecule is Cc1n[nH]c(C)c1CC(=O)Nc1ccc(C(=O)O)c(Cl)c1. The van der Waals surface area contributed by atoms with Crippen LogP contribution in [0, 0.1) is 13.8 Å². The molecule has 0 aliphatic carbocycles. The molecule has 0 spiro atoms. The molecule has 2 aromatic rings. The van der Waals surface area contributed by atoms with Crippen molar-refractivity contribution >= 4 is 29.2 Å². The molecule has 0 atom stereocenters. The number of nitrogens with zero attached hydrogens (tertiary/aromatic N) is 1. The first-order valence-electron chi connectivity index (χ1n) is 6.21. The van der Waals surface area contributed by atoms with Gasteiger partial charge in [0.05, 0.1) is 22.7 Å². The van der Waals surface area contributed by atoms with E-state index < -0.39 is 5.97 Å². The lowest BCUT2D eigenvalue weighted by Crippen LogP contribution is -2.15. The van der Waals surface area contributed by atoms with Gasteiger partial charge in [-0.15, -0.1) is 0 Å². The van der Waals surface area contributed by atoms with E-state index in [0.717, 1.165) is 17.0 Å². The summed E-state index contributed by atoms with van der Waals surface area (Å²) in [6.07, 6.45) is 0.187. The fraction of sp³-hybridized carbons (Fsp3) is 0.214. The number of hydrogen-bond acceptors (Lipinski definition) is 3. The second-order valence-corrected chi connectivity index (χ2v) is 5.04. The van der Waals surface area contributed by atoms with Crippen LogP contribution in [0.2, 0.25) is 5.02 Å². The molecule has 0 fully saturated rings. The highest BCUT2D eigenvalue weighted by Gasteiger charge is 2.13. The van der Waals surface area contributed by atoms with Crippen LogP contribution in [-0.2, 0) is 11.2 Å². The minimum Gasteiger partial charge on any atom is -0.478 e. The van der Waals surface area contributed by atoms with Gasteiger partial charge in [0, 0.05) is 16.9 Å². The Bertz CT molecular complexity index is 690. The summed E-state index contributed by atoms with van der Waals surface area (Å²) >= 11 is 5.85. The summed E-state index contributed by atoms with van der Waals surface area (Å²) in [5.74, 6) is -1.33. The van der Waals surface area contributed by atoms with E-state index in [1.165, 1.54) is 18.2 Å². The fourth-order valence-corrected chi connectivity index (χ4v) is 2.23. The van der Waals surface area contributed by atoms with Crippen molar-refractivity contribution in [3.05, 3.63) is 45.7 Å². The predicted octanol–water partition coefficient (Wildman–Crippen LogP) is 2.56. The molecule has 1 aromatic carbocycles. The fourth-order valence-electron chi connectivity index (χ4n) is 1.97. The number of carboxylic acid groups (broad SMARTS) is 1. The van der Waals surface area contributed by atoms with Crippen LogP contribution in [0.1, 0.15) is 27.3 Å². The number of carbonyl (C=O) groups is 2. The first kappa shape index (κ1) is 15.1. The Morgan fingerprint density at radius 1 is 1.38 bits per heavy atom. The topological polar surface area (TPSA) is 95.1 Å². The number of aromatic nitrogens is 2. The number of H-pyrrole nitrogens is 1. The Hall–Kier alpha value is -2.34. The highest BCUT2D eigenvalue weighted by molar-refractivity contribution is 6.33. The van der Waals surface area contributed by atoms with Crippen LogP contribution in [0.15, 0.2) is 18.2 Å². The molecule has 0 radical (unpaired) electrons. The Balaban J connectivity index is 2.10. The average Bonchev–Trinajstić information content (AvgIpc) is 2.70. The van der Waals surface area contributed by atoms with Gasteiger partial charge in [0.15, 0.2) is 0 Å². The van der Waals surface area contributed by atoms with Crippen LogP contribution in [0.3, 0.4) is 0 Å². The van der Waals surface area contributed by atoms with Crippen LogP contribution in [0.25, 0.3) is 0 Å². The Labute approximate surface area is 126 Å². The van der Waals surface area contributed by atoms with Gasteiger partial charge in [-0.1, -0.05) is 11.6 Å². The van der Waals surface area contributed by atoms with Crippen molar-refractivity contribution in [1.82, 2.24) is 10.2 Å². The molecule has 3 N–H and O–H groups in total. The second kappa shape index (κ2) is 5.97. The van der Waals surface area contributed by atoms with Crippen molar-refractivity contribution in [3.8, 4) is 0 Å². The van der Waals surface area contributed by atoms with Gasteiger partial charge in [-0.05, 0) is 32.0 Å². The van der Waals surface area contributed by atoms with E-state index in [1.54, 1.807) is 0 Å². The van der Waals surface area contributed by atoms with Gasteiger partial charge in [0.1, 0.15) is 0 Å². The quantitative estimate of drug-likeness (QED) is 0.809. The zero-order chi connectivity index (χ0) is 15.6. The van der Waals surface area contributed by atoms with E-state index in [1.807, 2.05) is 13.8 Å². The molecule has 7 heteroatoms. The molecule has 6 nitrogen and oxygen atoms in total. The molecule has 21 heavy (non-hydrogen) atoms. The molecule has 0 unspecified atom stereocenters. The normalized spacial score (nSPS) is 10.4. The minimum absolute atomic E-state index is 0.00353. The number of anilines is 1. The van der Waals surface area contributed by atoms with Crippen LogP contribution < -0.4 is 5.32 Å². The highest BCUT2D eigenvalue weighted by Crippen LogP contribution is 2.21. The molecular weight excluding hydrogens is 294 g/mol. The van der Waals surface area contributed by atoms with Crippen LogP contribution in [-0.4, -0.2) is 27.2 Å². The molecule has 0 saturated carbocycles. The summed E-state index contributed by atoms with van der Waals surface area (Å²) in [6, 6.07) is 4.27. The number of nitrogens with one attached hydrogen (secondary N) is 2. The van der Waals surface area contributed by atoms with Gasteiger partial charge < -0.3 is 10.4 Å². The van der Waals surface area contributed by atoms with E-state index >= 15 is 0 Å². The number of aryl methyl sites for hydroxylation is 2. The van der Waals surface area contributed by atoms with Crippen molar-refractivity contribution in [2.45, 2.75) is 20.3 Å². The minimum atomic E-state index is -1.11. The average molecular weight is 308 g/mol. The molecule has 0 aliphatic heterocycles. The van der Waals surface area contributed by atoms with E-state index in [4.69, 9.17) is 16.7 Å². The summed E-state index contributed by atoms with van der Waals surface area (Å²) in [7, 11) is 0. The molecule has 0 saturated heterocycles. The second-order valence-electron chi connectivity index (χ2n) is 4.64. The maximum absolute atomic E-state index is 12.0. The number of carboxylic acids is 1. The van der Waals surface area contributed by atoms with Gasteiger partial charge in [-0.2, -0.15) is 5.10 Å². The third-order valence-corrected chi connectivity index (χ3v) is 3.41. The Kier molecular flexibility index (Phi) is 4.28.